The standard InChI is InChI=1S/C23H18N4O3S/c28-20-9-10-21(29)27(20)13-15-1-3-17(4-2-15)22(30)24-18-7-5-16(6-8-18)19-14-26-11-12-31-23(26)25-19/h1-8,11-12,14H,9-10,13H2,(H,24,30). The predicted octanol–water partition coefficient (Wildman–Crippen LogP) is 3.96. The van der Waals surface area contributed by atoms with Gasteiger partial charge in [0.25, 0.3) is 5.91 Å². The van der Waals surface area contributed by atoms with Crippen LogP contribution in [0.2, 0.25) is 0 Å². The van der Waals surface area contributed by atoms with Gasteiger partial charge in [-0.05, 0) is 29.8 Å². The number of carbonyl (C=O) groups is 3. The topological polar surface area (TPSA) is 83.8 Å². The highest BCUT2D eigenvalue weighted by Crippen LogP contribution is 2.23. The van der Waals surface area contributed by atoms with Crippen molar-refractivity contribution in [3.8, 4) is 11.3 Å². The summed E-state index contributed by atoms with van der Waals surface area (Å²) in [5.74, 6) is -0.522. The fraction of sp³-hybridized carbons (Fsp3) is 0.130. The van der Waals surface area contributed by atoms with Crippen molar-refractivity contribution in [3.05, 3.63) is 77.4 Å². The number of likely N-dealkylation sites (tertiary alicyclic amines) is 1. The second kappa shape index (κ2) is 7.81. The van der Waals surface area contributed by atoms with Crippen LogP contribution >= 0.6 is 11.3 Å². The number of nitrogens with zero attached hydrogens (tertiary/aromatic N) is 3. The summed E-state index contributed by atoms with van der Waals surface area (Å²) in [5.41, 5.74) is 3.86. The zero-order valence-electron chi connectivity index (χ0n) is 16.4. The van der Waals surface area contributed by atoms with Crippen LogP contribution in [0.5, 0.6) is 0 Å². The van der Waals surface area contributed by atoms with Gasteiger partial charge in [-0.15, -0.1) is 11.3 Å². The van der Waals surface area contributed by atoms with Crippen LogP contribution in [0.25, 0.3) is 16.2 Å². The van der Waals surface area contributed by atoms with Crippen LogP contribution in [-0.2, 0) is 16.1 Å². The van der Waals surface area contributed by atoms with E-state index in [4.69, 9.17) is 0 Å². The van der Waals surface area contributed by atoms with E-state index in [-0.39, 0.29) is 37.1 Å². The summed E-state index contributed by atoms with van der Waals surface area (Å²) in [6, 6.07) is 14.5. The average Bonchev–Trinajstić information content (AvgIpc) is 3.46. The third-order valence-corrected chi connectivity index (χ3v) is 6.01. The highest BCUT2D eigenvalue weighted by Gasteiger charge is 2.28. The maximum Gasteiger partial charge on any atom is 0.255 e. The van der Waals surface area contributed by atoms with Gasteiger partial charge in [-0.25, -0.2) is 4.98 Å². The Morgan fingerprint density at radius 3 is 2.39 bits per heavy atom. The minimum atomic E-state index is -0.227. The van der Waals surface area contributed by atoms with Crippen molar-refractivity contribution >= 4 is 39.7 Å². The molecule has 3 amide bonds. The summed E-state index contributed by atoms with van der Waals surface area (Å²) >= 11 is 1.58. The van der Waals surface area contributed by atoms with Crippen molar-refractivity contribution < 1.29 is 14.4 Å². The molecule has 1 saturated heterocycles. The van der Waals surface area contributed by atoms with E-state index >= 15 is 0 Å². The largest absolute Gasteiger partial charge is 0.322 e. The smallest absolute Gasteiger partial charge is 0.255 e. The molecule has 4 aromatic rings. The number of rotatable bonds is 5. The van der Waals surface area contributed by atoms with Crippen LogP contribution in [0.1, 0.15) is 28.8 Å². The number of hydrogen-bond acceptors (Lipinski definition) is 5. The van der Waals surface area contributed by atoms with Gasteiger partial charge < -0.3 is 5.32 Å². The number of anilines is 1. The predicted molar refractivity (Wildman–Crippen MR) is 118 cm³/mol. The maximum absolute atomic E-state index is 12.6. The van der Waals surface area contributed by atoms with E-state index in [1.807, 2.05) is 46.4 Å². The molecule has 1 aliphatic rings. The molecule has 0 radical (unpaired) electrons. The third kappa shape index (κ3) is 3.85. The Morgan fingerprint density at radius 1 is 1.00 bits per heavy atom. The molecular formula is C23H18N4O3S. The van der Waals surface area contributed by atoms with Gasteiger partial charge >= 0.3 is 0 Å². The van der Waals surface area contributed by atoms with Crippen molar-refractivity contribution in [2.45, 2.75) is 19.4 Å². The van der Waals surface area contributed by atoms with E-state index in [9.17, 15) is 14.4 Å². The fourth-order valence-corrected chi connectivity index (χ4v) is 4.24. The van der Waals surface area contributed by atoms with Crippen molar-refractivity contribution in [1.29, 1.82) is 0 Å². The Labute approximate surface area is 182 Å². The molecule has 0 spiro atoms. The Balaban J connectivity index is 1.24. The zero-order chi connectivity index (χ0) is 21.4. The van der Waals surface area contributed by atoms with Crippen molar-refractivity contribution in [2.24, 2.45) is 0 Å². The molecule has 1 N–H and O–H groups in total. The first-order valence-corrected chi connectivity index (χ1v) is 10.7. The first-order valence-electron chi connectivity index (χ1n) is 9.83. The number of thiazole rings is 1. The molecular weight excluding hydrogens is 412 g/mol. The monoisotopic (exact) mass is 430 g/mol. The summed E-state index contributed by atoms with van der Waals surface area (Å²) in [6.45, 7) is 0.243. The lowest BCUT2D eigenvalue weighted by molar-refractivity contribution is -0.139. The molecule has 154 valence electrons. The molecule has 5 rings (SSSR count). The van der Waals surface area contributed by atoms with Crippen LogP contribution in [0.15, 0.2) is 66.3 Å². The highest BCUT2D eigenvalue weighted by atomic mass is 32.1. The number of nitrogens with one attached hydrogen (secondary N) is 1. The molecule has 0 aliphatic carbocycles. The van der Waals surface area contributed by atoms with Crippen LogP contribution < -0.4 is 5.32 Å². The Bertz CT molecular complexity index is 1240. The quantitative estimate of drug-likeness (QED) is 0.486. The van der Waals surface area contributed by atoms with Gasteiger partial charge in [-0.2, -0.15) is 0 Å². The van der Waals surface area contributed by atoms with Gasteiger partial charge in [0.15, 0.2) is 4.96 Å². The van der Waals surface area contributed by atoms with E-state index in [2.05, 4.69) is 10.3 Å². The van der Waals surface area contributed by atoms with Crippen LogP contribution in [0, 0.1) is 0 Å². The van der Waals surface area contributed by atoms with Crippen molar-refractivity contribution in [1.82, 2.24) is 14.3 Å². The van der Waals surface area contributed by atoms with Crippen LogP contribution in [0.3, 0.4) is 0 Å². The molecule has 0 atom stereocenters. The first-order chi connectivity index (χ1) is 15.1. The Hall–Kier alpha value is -3.78. The van der Waals surface area contributed by atoms with Gasteiger partial charge in [0.1, 0.15) is 0 Å². The van der Waals surface area contributed by atoms with E-state index < -0.39 is 0 Å². The molecule has 31 heavy (non-hydrogen) atoms. The molecule has 0 unspecified atom stereocenters. The van der Waals surface area contributed by atoms with E-state index in [0.717, 1.165) is 21.8 Å². The fourth-order valence-electron chi connectivity index (χ4n) is 3.54. The molecule has 7 nitrogen and oxygen atoms in total. The summed E-state index contributed by atoms with van der Waals surface area (Å²) in [7, 11) is 0. The van der Waals surface area contributed by atoms with Crippen LogP contribution in [0.4, 0.5) is 5.69 Å². The molecule has 2 aromatic heterocycles. The number of aromatic nitrogens is 2. The molecule has 3 heterocycles. The SMILES string of the molecule is O=C(Nc1ccc(-c2cn3ccsc3n2)cc1)c1ccc(CN2C(=O)CCC2=O)cc1. The van der Waals surface area contributed by atoms with Gasteiger partial charge in [0, 0.05) is 47.4 Å². The van der Waals surface area contributed by atoms with Crippen molar-refractivity contribution in [2.75, 3.05) is 5.32 Å². The van der Waals surface area contributed by atoms with Gasteiger partial charge in [0.2, 0.25) is 11.8 Å². The summed E-state index contributed by atoms with van der Waals surface area (Å²) < 4.78 is 1.98. The van der Waals surface area contributed by atoms with E-state index in [1.165, 1.54) is 4.90 Å². The minimum Gasteiger partial charge on any atom is -0.322 e. The normalized spacial score (nSPS) is 13.9. The number of benzene rings is 2. The summed E-state index contributed by atoms with van der Waals surface area (Å²) in [4.78, 5) is 42.9. The number of amides is 3. The van der Waals surface area contributed by atoms with E-state index in [0.29, 0.717) is 11.3 Å². The van der Waals surface area contributed by atoms with E-state index in [1.54, 1.807) is 35.6 Å². The lowest BCUT2D eigenvalue weighted by Gasteiger charge is -2.14. The zero-order valence-corrected chi connectivity index (χ0v) is 17.3. The molecule has 1 aliphatic heterocycles. The average molecular weight is 430 g/mol. The lowest BCUT2D eigenvalue weighted by atomic mass is 10.1. The number of carbonyl (C=O) groups excluding carboxylic acids is 3. The number of hydrogen-bond donors (Lipinski definition) is 1. The second-order valence-electron chi connectivity index (χ2n) is 7.32. The minimum absolute atomic E-state index is 0.148. The number of fused-ring (bicyclic) bond motifs is 1. The number of imidazole rings is 1. The summed E-state index contributed by atoms with van der Waals surface area (Å²) in [6.07, 6.45) is 4.50. The molecule has 8 heteroatoms. The first kappa shape index (κ1) is 19.2. The third-order valence-electron chi connectivity index (χ3n) is 5.24. The summed E-state index contributed by atoms with van der Waals surface area (Å²) in [5, 5.41) is 4.87. The lowest BCUT2D eigenvalue weighted by Crippen LogP contribution is -2.28. The Morgan fingerprint density at radius 2 is 1.71 bits per heavy atom. The van der Waals surface area contributed by atoms with Crippen molar-refractivity contribution in [3.63, 3.8) is 0 Å². The van der Waals surface area contributed by atoms with Gasteiger partial charge in [-0.3, -0.25) is 23.7 Å². The molecule has 0 saturated carbocycles. The number of imide groups is 1. The Kier molecular flexibility index (Phi) is 4.83. The molecule has 0 bridgehead atoms. The van der Waals surface area contributed by atoms with Gasteiger partial charge in [-0.1, -0.05) is 24.3 Å². The maximum atomic E-state index is 12.6. The van der Waals surface area contributed by atoms with Crippen LogP contribution in [-0.4, -0.2) is 32.0 Å². The highest BCUT2D eigenvalue weighted by molar-refractivity contribution is 7.15. The molecule has 1 fully saturated rings. The molecule has 2 aromatic carbocycles. The van der Waals surface area contributed by atoms with Gasteiger partial charge in [0.05, 0.1) is 12.2 Å². The second-order valence-corrected chi connectivity index (χ2v) is 8.19.